The molecule has 0 saturated heterocycles. The molecule has 0 spiro atoms. The smallest absolute Gasteiger partial charge is 0.0390 e. The van der Waals surface area contributed by atoms with Crippen molar-refractivity contribution in [2.75, 3.05) is 11.5 Å². The van der Waals surface area contributed by atoms with Crippen LogP contribution in [0.5, 0.6) is 0 Å². The van der Waals surface area contributed by atoms with Crippen LogP contribution < -0.4 is 21.9 Å². The lowest BCUT2D eigenvalue weighted by Gasteiger charge is -2.20. The molecule has 3 rings (SSSR count). The Morgan fingerprint density at radius 1 is 0.955 bits per heavy atom. The Kier molecular flexibility index (Phi) is 3.32. The molecule has 2 aromatic carbocycles. The number of allylic oxidation sites excluding steroid dienone is 1. The van der Waals surface area contributed by atoms with Crippen molar-refractivity contribution >= 4 is 29.6 Å². The SMILES string of the molecule is C=c1c(C)c/c(=C2\Cc3cc(N)cc(C)c3C=C2C)cc1N. The first-order valence-corrected chi connectivity index (χ1v) is 7.52. The maximum atomic E-state index is 6.10. The van der Waals surface area contributed by atoms with Crippen molar-refractivity contribution in [2.24, 2.45) is 0 Å². The molecule has 1 aliphatic rings. The number of benzene rings is 2. The molecule has 0 unspecified atom stereocenters. The Morgan fingerprint density at radius 3 is 2.36 bits per heavy atom. The summed E-state index contributed by atoms with van der Waals surface area (Å²) in [7, 11) is 0. The van der Waals surface area contributed by atoms with Gasteiger partial charge in [-0.1, -0.05) is 18.7 Å². The second-order valence-electron chi connectivity index (χ2n) is 6.25. The first-order chi connectivity index (χ1) is 10.4. The molecular formula is C20H22N2. The monoisotopic (exact) mass is 290 g/mol. The van der Waals surface area contributed by atoms with E-state index in [0.29, 0.717) is 0 Å². The van der Waals surface area contributed by atoms with Crippen LogP contribution in [0.2, 0.25) is 0 Å². The largest absolute Gasteiger partial charge is 0.399 e. The van der Waals surface area contributed by atoms with E-state index in [9.17, 15) is 0 Å². The van der Waals surface area contributed by atoms with Gasteiger partial charge in [0.1, 0.15) is 0 Å². The fraction of sp³-hybridized carbons (Fsp3) is 0.200. The number of rotatable bonds is 0. The molecule has 2 heteroatoms. The van der Waals surface area contributed by atoms with Crippen LogP contribution in [0.25, 0.3) is 18.2 Å². The van der Waals surface area contributed by atoms with Gasteiger partial charge in [-0.15, -0.1) is 0 Å². The van der Waals surface area contributed by atoms with Crippen LogP contribution >= 0.6 is 0 Å². The number of hydrogen-bond acceptors (Lipinski definition) is 2. The van der Waals surface area contributed by atoms with Gasteiger partial charge < -0.3 is 11.5 Å². The normalized spacial score (nSPS) is 16.2. The molecule has 0 heterocycles. The van der Waals surface area contributed by atoms with Gasteiger partial charge >= 0.3 is 0 Å². The molecule has 0 amide bonds. The second-order valence-corrected chi connectivity index (χ2v) is 6.25. The highest BCUT2D eigenvalue weighted by Crippen LogP contribution is 2.31. The van der Waals surface area contributed by atoms with Crippen molar-refractivity contribution < 1.29 is 0 Å². The molecule has 112 valence electrons. The van der Waals surface area contributed by atoms with E-state index in [1.54, 1.807) is 0 Å². The third kappa shape index (κ3) is 2.31. The van der Waals surface area contributed by atoms with E-state index in [0.717, 1.165) is 28.6 Å². The minimum absolute atomic E-state index is 0.754. The van der Waals surface area contributed by atoms with Gasteiger partial charge in [0.2, 0.25) is 0 Å². The Morgan fingerprint density at radius 2 is 1.68 bits per heavy atom. The van der Waals surface area contributed by atoms with Gasteiger partial charge in [-0.3, -0.25) is 0 Å². The maximum absolute atomic E-state index is 6.10. The number of nitrogen functional groups attached to an aromatic ring is 2. The molecule has 0 saturated carbocycles. The van der Waals surface area contributed by atoms with Gasteiger partial charge in [0.25, 0.3) is 0 Å². The highest BCUT2D eigenvalue weighted by Gasteiger charge is 2.15. The van der Waals surface area contributed by atoms with Crippen LogP contribution in [0.1, 0.15) is 29.2 Å². The van der Waals surface area contributed by atoms with Crippen molar-refractivity contribution in [1.82, 2.24) is 0 Å². The summed E-state index contributed by atoms with van der Waals surface area (Å²) in [5.41, 5.74) is 21.2. The van der Waals surface area contributed by atoms with Crippen molar-refractivity contribution in [3.63, 3.8) is 0 Å². The molecule has 0 bridgehead atoms. The van der Waals surface area contributed by atoms with Gasteiger partial charge in [-0.25, -0.2) is 0 Å². The predicted molar refractivity (Wildman–Crippen MR) is 96.7 cm³/mol. The van der Waals surface area contributed by atoms with Gasteiger partial charge in [0, 0.05) is 11.4 Å². The fourth-order valence-electron chi connectivity index (χ4n) is 3.24. The molecule has 0 aliphatic heterocycles. The van der Waals surface area contributed by atoms with Gasteiger partial charge in [0.05, 0.1) is 0 Å². The number of anilines is 2. The Hall–Kier alpha value is -2.48. The van der Waals surface area contributed by atoms with Crippen LogP contribution in [0.15, 0.2) is 29.8 Å². The zero-order chi connectivity index (χ0) is 16.0. The number of aryl methyl sites for hydroxylation is 2. The molecule has 0 atom stereocenters. The molecule has 22 heavy (non-hydrogen) atoms. The summed E-state index contributed by atoms with van der Waals surface area (Å²) in [6.07, 6.45) is 3.14. The van der Waals surface area contributed by atoms with Crippen molar-refractivity contribution in [3.05, 3.63) is 62.5 Å². The van der Waals surface area contributed by atoms with Crippen LogP contribution in [-0.4, -0.2) is 0 Å². The van der Waals surface area contributed by atoms with E-state index in [2.05, 4.69) is 45.6 Å². The van der Waals surface area contributed by atoms with E-state index >= 15 is 0 Å². The van der Waals surface area contributed by atoms with E-state index in [1.807, 2.05) is 12.1 Å². The zero-order valence-corrected chi connectivity index (χ0v) is 13.5. The fourth-order valence-corrected chi connectivity index (χ4v) is 3.24. The summed E-state index contributed by atoms with van der Waals surface area (Å²) >= 11 is 0. The summed E-state index contributed by atoms with van der Waals surface area (Å²) in [5.74, 6) is 0. The molecule has 4 N–H and O–H groups in total. The molecule has 2 aromatic rings. The molecule has 0 aromatic heterocycles. The minimum atomic E-state index is 0.754. The van der Waals surface area contributed by atoms with Gasteiger partial charge in [-0.05, 0) is 89.2 Å². The molecule has 1 aliphatic carbocycles. The minimum Gasteiger partial charge on any atom is -0.399 e. The van der Waals surface area contributed by atoms with Gasteiger partial charge in [0.15, 0.2) is 0 Å². The average Bonchev–Trinajstić information content (AvgIpc) is 2.44. The molecule has 0 fully saturated rings. The average molecular weight is 290 g/mol. The van der Waals surface area contributed by atoms with E-state index < -0.39 is 0 Å². The quantitative estimate of drug-likeness (QED) is 0.733. The Bertz CT molecular complexity index is 888. The van der Waals surface area contributed by atoms with E-state index in [1.165, 1.54) is 33.1 Å². The Balaban J connectivity index is 2.28. The van der Waals surface area contributed by atoms with Crippen LogP contribution in [0, 0.1) is 13.8 Å². The number of fused-ring (bicyclic) bond motifs is 1. The van der Waals surface area contributed by atoms with Gasteiger partial charge in [-0.2, -0.15) is 0 Å². The zero-order valence-electron chi connectivity index (χ0n) is 13.5. The third-order valence-electron chi connectivity index (χ3n) is 4.55. The van der Waals surface area contributed by atoms with Crippen LogP contribution in [0.4, 0.5) is 11.4 Å². The summed E-state index contributed by atoms with van der Waals surface area (Å²) in [4.78, 5) is 0. The van der Waals surface area contributed by atoms with Crippen molar-refractivity contribution in [2.45, 2.75) is 27.2 Å². The van der Waals surface area contributed by atoms with Crippen molar-refractivity contribution in [3.8, 4) is 0 Å². The lowest BCUT2D eigenvalue weighted by Crippen LogP contribution is -2.20. The summed E-state index contributed by atoms with van der Waals surface area (Å²) in [5, 5.41) is 2.10. The summed E-state index contributed by atoms with van der Waals surface area (Å²) < 4.78 is 0. The highest BCUT2D eigenvalue weighted by molar-refractivity contribution is 5.82. The summed E-state index contributed by atoms with van der Waals surface area (Å²) in [6.45, 7) is 10.4. The Labute approximate surface area is 131 Å². The topological polar surface area (TPSA) is 52.0 Å². The lowest BCUT2D eigenvalue weighted by atomic mass is 9.85. The first kappa shape index (κ1) is 14.5. The van der Waals surface area contributed by atoms with Crippen molar-refractivity contribution in [1.29, 1.82) is 0 Å². The molecule has 2 nitrogen and oxygen atoms in total. The lowest BCUT2D eigenvalue weighted by molar-refractivity contribution is 1.19. The highest BCUT2D eigenvalue weighted by atomic mass is 14.5. The second kappa shape index (κ2) is 5.06. The summed E-state index contributed by atoms with van der Waals surface area (Å²) in [6, 6.07) is 8.33. The predicted octanol–water partition coefficient (Wildman–Crippen LogP) is 2.69. The molecular weight excluding hydrogens is 268 g/mol. The third-order valence-corrected chi connectivity index (χ3v) is 4.55. The van der Waals surface area contributed by atoms with Crippen LogP contribution in [0.3, 0.4) is 0 Å². The number of nitrogens with two attached hydrogens (primary N) is 2. The molecule has 0 radical (unpaired) electrons. The number of hydrogen-bond donors (Lipinski definition) is 2. The van der Waals surface area contributed by atoms with Crippen LogP contribution in [-0.2, 0) is 6.42 Å². The first-order valence-electron chi connectivity index (χ1n) is 7.52. The standard InChI is InChI=1S/C20H22N2/c1-11-5-15(10-20(22)14(11)4)19-9-16-8-17(21)6-12(2)18(16)7-13(19)3/h5-8,10H,4,9,21-22H2,1-3H3/b19-15-. The van der Waals surface area contributed by atoms with E-state index in [4.69, 9.17) is 11.5 Å². The maximum Gasteiger partial charge on any atom is 0.0390 e. The van der Waals surface area contributed by atoms with E-state index in [-0.39, 0.29) is 0 Å².